The van der Waals surface area contributed by atoms with Gasteiger partial charge in [-0.05, 0) is 43.4 Å². The largest absolute Gasteiger partial charge is 0.417 e. The van der Waals surface area contributed by atoms with Gasteiger partial charge in [0.2, 0.25) is 0 Å². The monoisotopic (exact) mass is 328 g/mol. The van der Waals surface area contributed by atoms with Gasteiger partial charge in [0, 0.05) is 15.0 Å². The molecule has 120 valence electrons. The van der Waals surface area contributed by atoms with E-state index in [1.165, 1.54) is 23.8 Å². The molecular weight excluding hydrogens is 309 g/mol. The van der Waals surface area contributed by atoms with Crippen LogP contribution in [0.5, 0.6) is 0 Å². The van der Waals surface area contributed by atoms with Crippen LogP contribution in [0.4, 0.5) is 13.2 Å². The van der Waals surface area contributed by atoms with Crippen LogP contribution in [0.25, 0.3) is 10.1 Å². The maximum absolute atomic E-state index is 13.2. The molecule has 1 unspecified atom stereocenters. The van der Waals surface area contributed by atoms with Crippen molar-refractivity contribution in [3.05, 3.63) is 34.2 Å². The summed E-state index contributed by atoms with van der Waals surface area (Å²) in [6, 6.07) is 4.27. The molecule has 1 atom stereocenters. The number of aryl methyl sites for hydroxylation is 1. The number of fused-ring (bicyclic) bond motifs is 1. The Morgan fingerprint density at radius 3 is 2.50 bits per heavy atom. The lowest BCUT2D eigenvalue weighted by atomic mass is 9.84. The lowest BCUT2D eigenvalue weighted by Crippen LogP contribution is -2.15. The van der Waals surface area contributed by atoms with Gasteiger partial charge in [0.25, 0.3) is 0 Å². The SMILES string of the molecule is Cc1c(C(O)C2CCCCC2)sc2cccc(C(F)(F)F)c12. The van der Waals surface area contributed by atoms with Gasteiger partial charge in [-0.1, -0.05) is 25.3 Å². The molecule has 1 aliphatic carbocycles. The molecule has 0 bridgehead atoms. The Morgan fingerprint density at radius 1 is 1.18 bits per heavy atom. The summed E-state index contributed by atoms with van der Waals surface area (Å²) >= 11 is 1.31. The molecule has 1 fully saturated rings. The second-order valence-electron chi connectivity index (χ2n) is 6.11. The zero-order chi connectivity index (χ0) is 15.9. The lowest BCUT2D eigenvalue weighted by Gasteiger charge is -2.26. The highest BCUT2D eigenvalue weighted by atomic mass is 32.1. The van der Waals surface area contributed by atoms with Gasteiger partial charge >= 0.3 is 6.18 Å². The number of thiophene rings is 1. The third-order valence-corrected chi connectivity index (χ3v) is 5.99. The van der Waals surface area contributed by atoms with Crippen molar-refractivity contribution in [2.75, 3.05) is 0 Å². The van der Waals surface area contributed by atoms with Crippen LogP contribution < -0.4 is 0 Å². The molecule has 1 heterocycles. The van der Waals surface area contributed by atoms with Crippen LogP contribution in [0.3, 0.4) is 0 Å². The zero-order valence-corrected chi connectivity index (χ0v) is 13.2. The average molecular weight is 328 g/mol. The molecule has 2 aromatic rings. The minimum Gasteiger partial charge on any atom is -0.387 e. The molecule has 1 aliphatic rings. The topological polar surface area (TPSA) is 20.2 Å². The number of benzene rings is 1. The molecule has 0 spiro atoms. The van der Waals surface area contributed by atoms with E-state index in [0.717, 1.165) is 31.7 Å². The van der Waals surface area contributed by atoms with Crippen molar-refractivity contribution in [2.24, 2.45) is 5.92 Å². The first-order valence-electron chi connectivity index (χ1n) is 7.67. The van der Waals surface area contributed by atoms with E-state index in [4.69, 9.17) is 0 Å². The lowest BCUT2D eigenvalue weighted by molar-refractivity contribution is -0.136. The van der Waals surface area contributed by atoms with Crippen molar-refractivity contribution in [3.8, 4) is 0 Å². The van der Waals surface area contributed by atoms with Crippen LogP contribution in [-0.2, 0) is 6.18 Å². The van der Waals surface area contributed by atoms with Gasteiger partial charge in [-0.15, -0.1) is 11.3 Å². The molecule has 1 aromatic heterocycles. The Kier molecular flexibility index (Phi) is 4.21. The first-order valence-corrected chi connectivity index (χ1v) is 8.48. The molecule has 1 nitrogen and oxygen atoms in total. The standard InChI is InChI=1S/C17H19F3OS/c1-10-14-12(17(18,19)20)8-5-9-13(14)22-16(10)15(21)11-6-3-2-4-7-11/h5,8-9,11,15,21H,2-4,6-7H2,1H3. The van der Waals surface area contributed by atoms with Crippen LogP contribution in [0.2, 0.25) is 0 Å². The smallest absolute Gasteiger partial charge is 0.387 e. The van der Waals surface area contributed by atoms with Crippen molar-refractivity contribution >= 4 is 21.4 Å². The van der Waals surface area contributed by atoms with Crippen molar-refractivity contribution in [1.82, 2.24) is 0 Å². The van der Waals surface area contributed by atoms with Crippen LogP contribution >= 0.6 is 11.3 Å². The summed E-state index contributed by atoms with van der Waals surface area (Å²) < 4.78 is 40.2. The maximum atomic E-state index is 13.2. The molecule has 5 heteroatoms. The summed E-state index contributed by atoms with van der Waals surface area (Å²) in [5.74, 6) is 0.176. The van der Waals surface area contributed by atoms with E-state index in [1.807, 2.05) is 0 Å². The van der Waals surface area contributed by atoms with Crippen molar-refractivity contribution in [2.45, 2.75) is 51.3 Å². The third kappa shape index (κ3) is 2.76. The highest BCUT2D eigenvalue weighted by Crippen LogP contribution is 2.45. The van der Waals surface area contributed by atoms with E-state index >= 15 is 0 Å². The van der Waals surface area contributed by atoms with E-state index in [0.29, 0.717) is 15.1 Å². The fourth-order valence-electron chi connectivity index (χ4n) is 3.50. The Bertz CT molecular complexity index is 668. The highest BCUT2D eigenvalue weighted by Gasteiger charge is 2.35. The predicted molar refractivity (Wildman–Crippen MR) is 83.1 cm³/mol. The maximum Gasteiger partial charge on any atom is 0.417 e. The van der Waals surface area contributed by atoms with E-state index in [1.54, 1.807) is 13.0 Å². The Hall–Kier alpha value is -1.07. The van der Waals surface area contributed by atoms with Crippen LogP contribution in [-0.4, -0.2) is 5.11 Å². The number of rotatable bonds is 2. The summed E-state index contributed by atoms with van der Waals surface area (Å²) in [5, 5.41) is 10.9. The number of hydrogen-bond acceptors (Lipinski definition) is 2. The first-order chi connectivity index (χ1) is 10.4. The Morgan fingerprint density at radius 2 is 1.86 bits per heavy atom. The highest BCUT2D eigenvalue weighted by molar-refractivity contribution is 7.19. The third-order valence-electron chi connectivity index (χ3n) is 4.66. The summed E-state index contributed by atoms with van der Waals surface area (Å²) in [6.07, 6.45) is 0.297. The average Bonchev–Trinajstić information content (AvgIpc) is 2.84. The molecule has 0 radical (unpaired) electrons. The molecule has 0 saturated heterocycles. The minimum absolute atomic E-state index is 0.176. The number of aliphatic hydroxyl groups excluding tert-OH is 1. The van der Waals surface area contributed by atoms with E-state index in [9.17, 15) is 18.3 Å². The molecule has 1 saturated carbocycles. The van der Waals surface area contributed by atoms with Gasteiger partial charge in [0.15, 0.2) is 0 Å². The summed E-state index contributed by atoms with van der Waals surface area (Å²) in [4.78, 5) is 0.707. The number of alkyl halides is 3. The van der Waals surface area contributed by atoms with Crippen molar-refractivity contribution in [3.63, 3.8) is 0 Å². The van der Waals surface area contributed by atoms with Gasteiger partial charge in [0.05, 0.1) is 11.7 Å². The van der Waals surface area contributed by atoms with E-state index < -0.39 is 17.8 Å². The molecule has 1 N–H and O–H groups in total. The van der Waals surface area contributed by atoms with Crippen molar-refractivity contribution in [1.29, 1.82) is 0 Å². The molecule has 22 heavy (non-hydrogen) atoms. The zero-order valence-electron chi connectivity index (χ0n) is 12.4. The van der Waals surface area contributed by atoms with Crippen LogP contribution in [0.15, 0.2) is 18.2 Å². The first kappa shape index (κ1) is 15.8. The minimum atomic E-state index is -4.36. The molecular formula is C17H19F3OS. The molecule has 0 aliphatic heterocycles. The number of aliphatic hydroxyl groups is 1. The second kappa shape index (κ2) is 5.85. The molecule has 0 amide bonds. The van der Waals surface area contributed by atoms with Gasteiger partial charge in [-0.3, -0.25) is 0 Å². The van der Waals surface area contributed by atoms with E-state index in [2.05, 4.69) is 0 Å². The summed E-state index contributed by atoms with van der Waals surface area (Å²) in [5.41, 5.74) is -0.00755. The van der Waals surface area contributed by atoms with Crippen molar-refractivity contribution < 1.29 is 18.3 Å². The van der Waals surface area contributed by atoms with Gasteiger partial charge < -0.3 is 5.11 Å². The fraction of sp³-hybridized carbons (Fsp3) is 0.529. The predicted octanol–water partition coefficient (Wildman–Crippen LogP) is 5.84. The second-order valence-corrected chi connectivity index (χ2v) is 7.19. The summed E-state index contributed by atoms with van der Waals surface area (Å²) in [6.45, 7) is 1.70. The van der Waals surface area contributed by atoms with Gasteiger partial charge in [-0.25, -0.2) is 0 Å². The number of halogens is 3. The van der Waals surface area contributed by atoms with E-state index in [-0.39, 0.29) is 11.3 Å². The van der Waals surface area contributed by atoms with Gasteiger partial charge in [0.1, 0.15) is 0 Å². The Labute approximate surface area is 131 Å². The number of hydrogen-bond donors (Lipinski definition) is 1. The van der Waals surface area contributed by atoms with Gasteiger partial charge in [-0.2, -0.15) is 13.2 Å². The normalized spacial score (nSPS) is 18.8. The quantitative estimate of drug-likeness (QED) is 0.734. The molecule has 1 aromatic carbocycles. The Balaban J connectivity index is 2.06. The van der Waals surface area contributed by atoms with Crippen LogP contribution in [0, 0.1) is 12.8 Å². The fourth-order valence-corrected chi connectivity index (χ4v) is 4.82. The summed E-state index contributed by atoms with van der Waals surface area (Å²) in [7, 11) is 0. The van der Waals surface area contributed by atoms with Crippen LogP contribution in [0.1, 0.15) is 54.2 Å². The molecule has 3 rings (SSSR count).